The normalized spacial score (nSPS) is 14.6. The second kappa shape index (κ2) is 6.36. The molecular weight excluding hydrogens is 366 g/mol. The Bertz CT molecular complexity index is 1370. The molecule has 2 nitrogen and oxygen atoms in total. The van der Waals surface area contributed by atoms with Gasteiger partial charge in [-0.05, 0) is 18.2 Å². The summed E-state index contributed by atoms with van der Waals surface area (Å²) >= 11 is 0. The van der Waals surface area contributed by atoms with Crippen LogP contribution < -0.4 is 4.74 Å². The summed E-state index contributed by atoms with van der Waals surface area (Å²) in [4.78, 5) is 0. The SMILES string of the molecule is Cn1c2ccccc2c2cc3c(cc21)OC(c1ccccc1)(c1ccccc1)C=C3. The van der Waals surface area contributed by atoms with E-state index in [9.17, 15) is 0 Å². The smallest absolute Gasteiger partial charge is 0.178 e. The number of rotatable bonds is 2. The fourth-order valence-electron chi connectivity index (χ4n) is 4.68. The first-order valence-electron chi connectivity index (χ1n) is 10.3. The van der Waals surface area contributed by atoms with Gasteiger partial charge in [0.15, 0.2) is 5.60 Å². The molecule has 0 fully saturated rings. The van der Waals surface area contributed by atoms with Crippen molar-refractivity contribution in [1.82, 2.24) is 4.57 Å². The van der Waals surface area contributed by atoms with Crippen LogP contribution in [0.5, 0.6) is 5.75 Å². The molecule has 0 amide bonds. The average Bonchev–Trinajstić information content (AvgIpc) is 3.10. The highest BCUT2D eigenvalue weighted by atomic mass is 16.5. The van der Waals surface area contributed by atoms with E-state index in [0.717, 1.165) is 22.4 Å². The quantitative estimate of drug-likeness (QED) is 0.329. The van der Waals surface area contributed by atoms with Gasteiger partial charge in [-0.3, -0.25) is 0 Å². The van der Waals surface area contributed by atoms with Gasteiger partial charge < -0.3 is 9.30 Å². The first kappa shape index (κ1) is 17.1. The van der Waals surface area contributed by atoms with Crippen LogP contribution >= 0.6 is 0 Å². The van der Waals surface area contributed by atoms with Crippen molar-refractivity contribution in [1.29, 1.82) is 0 Å². The zero-order valence-electron chi connectivity index (χ0n) is 16.7. The van der Waals surface area contributed by atoms with Gasteiger partial charge in [0.05, 0.1) is 5.52 Å². The second-order valence-corrected chi connectivity index (χ2v) is 7.89. The van der Waals surface area contributed by atoms with Gasteiger partial charge in [0.2, 0.25) is 0 Å². The lowest BCUT2D eigenvalue weighted by Gasteiger charge is -2.36. The van der Waals surface area contributed by atoms with Crippen molar-refractivity contribution in [2.75, 3.05) is 0 Å². The van der Waals surface area contributed by atoms with Crippen LogP contribution in [0.1, 0.15) is 16.7 Å². The predicted molar refractivity (Wildman–Crippen MR) is 124 cm³/mol. The summed E-state index contributed by atoms with van der Waals surface area (Å²) in [6.45, 7) is 0. The van der Waals surface area contributed by atoms with E-state index in [1.807, 2.05) is 12.1 Å². The van der Waals surface area contributed by atoms with Crippen molar-refractivity contribution >= 4 is 27.9 Å². The zero-order valence-corrected chi connectivity index (χ0v) is 16.7. The molecule has 2 heteroatoms. The predicted octanol–water partition coefficient (Wildman–Crippen LogP) is 6.68. The lowest BCUT2D eigenvalue weighted by atomic mass is 9.83. The Hall–Kier alpha value is -3.78. The third-order valence-electron chi connectivity index (χ3n) is 6.22. The monoisotopic (exact) mass is 387 g/mol. The van der Waals surface area contributed by atoms with Crippen molar-refractivity contribution in [3.63, 3.8) is 0 Å². The topological polar surface area (TPSA) is 14.2 Å². The lowest BCUT2D eigenvalue weighted by Crippen LogP contribution is -2.34. The molecule has 0 aliphatic carbocycles. The van der Waals surface area contributed by atoms with Gasteiger partial charge in [-0.1, -0.05) is 84.9 Å². The minimum Gasteiger partial charge on any atom is -0.473 e. The summed E-state index contributed by atoms with van der Waals surface area (Å²) < 4.78 is 9.10. The molecule has 144 valence electrons. The Kier molecular flexibility index (Phi) is 3.63. The maximum absolute atomic E-state index is 6.85. The molecule has 5 aromatic rings. The van der Waals surface area contributed by atoms with Gasteiger partial charge in [0.1, 0.15) is 5.75 Å². The molecule has 4 aromatic carbocycles. The Labute approximate surface area is 175 Å². The van der Waals surface area contributed by atoms with Crippen molar-refractivity contribution in [2.24, 2.45) is 7.05 Å². The maximum Gasteiger partial charge on any atom is 0.178 e. The highest BCUT2D eigenvalue weighted by molar-refractivity contribution is 6.09. The van der Waals surface area contributed by atoms with Crippen LogP contribution in [0.3, 0.4) is 0 Å². The molecule has 1 aromatic heterocycles. The number of ether oxygens (including phenoxy) is 1. The Balaban J connectivity index is 1.60. The standard InChI is InChI=1S/C28H21NO/c1-29-25-15-9-8-14-23(25)24-18-20-16-17-28(21-10-4-2-5-11-21,22-12-6-3-7-13-22)30-27(20)19-26(24)29/h2-19H,1H3. The van der Waals surface area contributed by atoms with Crippen LogP contribution in [0.15, 0.2) is 103 Å². The van der Waals surface area contributed by atoms with E-state index in [1.54, 1.807) is 0 Å². The highest BCUT2D eigenvalue weighted by Gasteiger charge is 2.37. The van der Waals surface area contributed by atoms with Gasteiger partial charge in [-0.25, -0.2) is 0 Å². The first-order chi connectivity index (χ1) is 14.8. The fourth-order valence-corrected chi connectivity index (χ4v) is 4.68. The number of hydrogen-bond acceptors (Lipinski definition) is 1. The molecule has 30 heavy (non-hydrogen) atoms. The minimum absolute atomic E-state index is 0.645. The van der Waals surface area contributed by atoms with Crippen molar-refractivity contribution in [3.05, 3.63) is 120 Å². The van der Waals surface area contributed by atoms with Gasteiger partial charge in [-0.15, -0.1) is 0 Å². The Morgan fingerprint density at radius 1 is 0.667 bits per heavy atom. The van der Waals surface area contributed by atoms with E-state index in [-0.39, 0.29) is 0 Å². The van der Waals surface area contributed by atoms with E-state index >= 15 is 0 Å². The van der Waals surface area contributed by atoms with Crippen LogP contribution in [0.25, 0.3) is 27.9 Å². The largest absolute Gasteiger partial charge is 0.473 e. The Morgan fingerprint density at radius 3 is 2.00 bits per heavy atom. The molecule has 0 saturated heterocycles. The number of hydrogen-bond donors (Lipinski definition) is 0. The number of aromatic nitrogens is 1. The highest BCUT2D eigenvalue weighted by Crippen LogP contribution is 2.44. The molecule has 0 atom stereocenters. The number of benzene rings is 4. The maximum atomic E-state index is 6.85. The average molecular weight is 387 g/mol. The summed E-state index contributed by atoms with van der Waals surface area (Å²) in [6, 6.07) is 33.9. The molecule has 2 heterocycles. The third kappa shape index (κ3) is 2.37. The van der Waals surface area contributed by atoms with Gasteiger partial charge in [0.25, 0.3) is 0 Å². The van der Waals surface area contributed by atoms with Gasteiger partial charge in [-0.2, -0.15) is 0 Å². The summed E-state index contributed by atoms with van der Waals surface area (Å²) in [7, 11) is 2.12. The van der Waals surface area contributed by atoms with Gasteiger partial charge in [0, 0.05) is 46.1 Å². The van der Waals surface area contributed by atoms with E-state index in [0.29, 0.717) is 0 Å². The van der Waals surface area contributed by atoms with Crippen molar-refractivity contribution < 1.29 is 4.74 Å². The number of fused-ring (bicyclic) bond motifs is 4. The number of nitrogens with zero attached hydrogens (tertiary/aromatic N) is 1. The van der Waals surface area contributed by atoms with Crippen molar-refractivity contribution in [2.45, 2.75) is 5.60 Å². The molecule has 6 rings (SSSR count). The van der Waals surface area contributed by atoms with Crippen LogP contribution in [0, 0.1) is 0 Å². The molecule has 0 unspecified atom stereocenters. The molecule has 1 aliphatic rings. The zero-order chi connectivity index (χ0) is 20.1. The van der Waals surface area contributed by atoms with E-state index < -0.39 is 5.60 Å². The Morgan fingerprint density at radius 2 is 1.30 bits per heavy atom. The molecule has 0 saturated carbocycles. The third-order valence-corrected chi connectivity index (χ3v) is 6.22. The fraction of sp³-hybridized carbons (Fsp3) is 0.0714. The van der Waals surface area contributed by atoms with Crippen LogP contribution in [-0.4, -0.2) is 4.57 Å². The van der Waals surface area contributed by atoms with Crippen LogP contribution in [-0.2, 0) is 12.6 Å². The number of para-hydroxylation sites is 1. The van der Waals surface area contributed by atoms with Crippen molar-refractivity contribution in [3.8, 4) is 5.75 Å². The van der Waals surface area contributed by atoms with Gasteiger partial charge >= 0.3 is 0 Å². The molecule has 0 bridgehead atoms. The minimum atomic E-state index is -0.645. The summed E-state index contributed by atoms with van der Waals surface area (Å²) in [5.74, 6) is 0.906. The second-order valence-electron chi connectivity index (χ2n) is 7.89. The lowest BCUT2D eigenvalue weighted by molar-refractivity contribution is 0.161. The van der Waals surface area contributed by atoms with Crippen LogP contribution in [0.4, 0.5) is 0 Å². The molecule has 0 radical (unpaired) electrons. The summed E-state index contributed by atoms with van der Waals surface area (Å²) in [5.41, 5.74) is 5.12. The van der Waals surface area contributed by atoms with Crippen LogP contribution in [0.2, 0.25) is 0 Å². The molecule has 1 aliphatic heterocycles. The van der Waals surface area contributed by atoms with E-state index in [4.69, 9.17) is 4.74 Å². The molecular formula is C28H21NO. The van der Waals surface area contributed by atoms with E-state index in [1.165, 1.54) is 21.8 Å². The van der Waals surface area contributed by atoms with E-state index in [2.05, 4.69) is 109 Å². The molecule has 0 N–H and O–H groups in total. The summed E-state index contributed by atoms with van der Waals surface area (Å²) in [5, 5.41) is 2.53. The number of aryl methyl sites for hydroxylation is 1. The first-order valence-corrected chi connectivity index (χ1v) is 10.3. The molecule has 0 spiro atoms. The summed E-state index contributed by atoms with van der Waals surface area (Å²) in [6.07, 6.45) is 4.40.